The summed E-state index contributed by atoms with van der Waals surface area (Å²) < 4.78 is 10.4. The highest BCUT2D eigenvalue weighted by atomic mass is 16.6. The lowest BCUT2D eigenvalue weighted by molar-refractivity contribution is -0.160. The van der Waals surface area contributed by atoms with Crippen LogP contribution in [-0.2, 0) is 19.1 Å². The van der Waals surface area contributed by atoms with E-state index in [1.54, 1.807) is 6.92 Å². The second-order valence-electron chi connectivity index (χ2n) is 4.25. The number of esters is 1. The van der Waals surface area contributed by atoms with Crippen molar-refractivity contribution in [2.45, 2.75) is 44.3 Å². The van der Waals surface area contributed by atoms with Crippen LogP contribution in [0.5, 0.6) is 0 Å². The number of hydrogen-bond donors (Lipinski definition) is 0. The van der Waals surface area contributed by atoms with E-state index in [1.807, 2.05) is 12.2 Å². The van der Waals surface area contributed by atoms with E-state index in [0.717, 1.165) is 19.3 Å². The van der Waals surface area contributed by atoms with E-state index in [0.29, 0.717) is 6.42 Å². The summed E-state index contributed by atoms with van der Waals surface area (Å²) in [7, 11) is 0. The standard InChI is InChI=1S/C12H16O4/c1-2-15-11(14)10-9(13)8-12(16-10)6-4-3-5-7-12/h4,6,10H,2-3,5,7-8H2,1H3. The fraction of sp³-hybridized carbons (Fsp3) is 0.667. The minimum absolute atomic E-state index is 0.162. The number of carbonyl (C=O) groups excluding carboxylic acids is 2. The molecular formula is C12H16O4. The monoisotopic (exact) mass is 224 g/mol. The van der Waals surface area contributed by atoms with E-state index in [1.165, 1.54) is 0 Å². The van der Waals surface area contributed by atoms with Gasteiger partial charge in [0.05, 0.1) is 12.2 Å². The molecule has 1 aliphatic carbocycles. The summed E-state index contributed by atoms with van der Waals surface area (Å²) in [6.07, 6.45) is 6.06. The van der Waals surface area contributed by atoms with Gasteiger partial charge in [0.15, 0.2) is 5.78 Å². The van der Waals surface area contributed by atoms with E-state index in [4.69, 9.17) is 9.47 Å². The van der Waals surface area contributed by atoms with Gasteiger partial charge in [-0.25, -0.2) is 4.79 Å². The van der Waals surface area contributed by atoms with Crippen molar-refractivity contribution in [1.82, 2.24) is 0 Å². The Kier molecular flexibility index (Phi) is 3.10. The van der Waals surface area contributed by atoms with Crippen molar-refractivity contribution in [3.63, 3.8) is 0 Å². The molecular weight excluding hydrogens is 208 g/mol. The predicted octanol–water partition coefficient (Wildman–Crippen LogP) is 1.39. The lowest BCUT2D eigenvalue weighted by atomic mass is 9.88. The normalized spacial score (nSPS) is 33.3. The van der Waals surface area contributed by atoms with Gasteiger partial charge < -0.3 is 9.47 Å². The van der Waals surface area contributed by atoms with Crippen LogP contribution in [0.25, 0.3) is 0 Å². The zero-order chi connectivity index (χ0) is 11.6. The van der Waals surface area contributed by atoms with Gasteiger partial charge in [-0.3, -0.25) is 4.79 Å². The quantitative estimate of drug-likeness (QED) is 0.404. The first kappa shape index (κ1) is 11.3. The molecule has 4 heteroatoms. The molecule has 2 aliphatic rings. The minimum Gasteiger partial charge on any atom is -0.464 e. The van der Waals surface area contributed by atoms with Crippen LogP contribution < -0.4 is 0 Å². The third kappa shape index (κ3) is 2.02. The smallest absolute Gasteiger partial charge is 0.343 e. The van der Waals surface area contributed by atoms with Crippen LogP contribution in [-0.4, -0.2) is 30.1 Å². The Morgan fingerprint density at radius 2 is 2.50 bits per heavy atom. The molecule has 0 N–H and O–H groups in total. The molecule has 88 valence electrons. The zero-order valence-corrected chi connectivity index (χ0v) is 9.40. The Balaban J connectivity index is 2.09. The number of hydrogen-bond acceptors (Lipinski definition) is 4. The highest BCUT2D eigenvalue weighted by molar-refractivity contribution is 6.04. The van der Waals surface area contributed by atoms with Crippen molar-refractivity contribution >= 4 is 11.8 Å². The van der Waals surface area contributed by atoms with Gasteiger partial charge in [-0.05, 0) is 26.2 Å². The lowest BCUT2D eigenvalue weighted by Gasteiger charge is -2.27. The third-order valence-electron chi connectivity index (χ3n) is 3.01. The number of ether oxygens (including phenoxy) is 2. The summed E-state index contributed by atoms with van der Waals surface area (Å²) in [5.41, 5.74) is -0.535. The third-order valence-corrected chi connectivity index (χ3v) is 3.01. The highest BCUT2D eigenvalue weighted by Crippen LogP contribution is 2.36. The molecule has 1 spiro atoms. The van der Waals surface area contributed by atoms with Crippen LogP contribution in [0.15, 0.2) is 12.2 Å². The van der Waals surface area contributed by atoms with Crippen molar-refractivity contribution < 1.29 is 19.1 Å². The van der Waals surface area contributed by atoms with Crippen LogP contribution in [0.3, 0.4) is 0 Å². The molecule has 1 aliphatic heterocycles. The molecule has 16 heavy (non-hydrogen) atoms. The summed E-state index contributed by atoms with van der Waals surface area (Å²) in [5, 5.41) is 0. The Bertz CT molecular complexity index is 334. The molecule has 1 fully saturated rings. The fourth-order valence-electron chi connectivity index (χ4n) is 2.27. The highest BCUT2D eigenvalue weighted by Gasteiger charge is 2.48. The molecule has 0 bridgehead atoms. The molecule has 2 unspecified atom stereocenters. The second-order valence-corrected chi connectivity index (χ2v) is 4.25. The summed E-state index contributed by atoms with van der Waals surface area (Å²) in [6.45, 7) is 1.99. The number of ketones is 1. The van der Waals surface area contributed by atoms with Crippen molar-refractivity contribution in [3.8, 4) is 0 Å². The Morgan fingerprint density at radius 1 is 1.69 bits per heavy atom. The number of rotatable bonds is 2. The Morgan fingerprint density at radius 3 is 3.12 bits per heavy atom. The summed E-state index contributed by atoms with van der Waals surface area (Å²) in [5.74, 6) is -0.714. The summed E-state index contributed by atoms with van der Waals surface area (Å²) >= 11 is 0. The maximum absolute atomic E-state index is 11.7. The molecule has 2 atom stereocenters. The molecule has 4 nitrogen and oxygen atoms in total. The fourth-order valence-corrected chi connectivity index (χ4v) is 2.27. The van der Waals surface area contributed by atoms with E-state index in [-0.39, 0.29) is 12.4 Å². The number of carbonyl (C=O) groups is 2. The van der Waals surface area contributed by atoms with Crippen LogP contribution in [0.2, 0.25) is 0 Å². The molecule has 0 aromatic rings. The van der Waals surface area contributed by atoms with Gasteiger partial charge in [0.1, 0.15) is 0 Å². The van der Waals surface area contributed by atoms with Crippen LogP contribution in [0, 0.1) is 0 Å². The van der Waals surface area contributed by atoms with E-state index in [9.17, 15) is 9.59 Å². The molecule has 0 radical (unpaired) electrons. The van der Waals surface area contributed by atoms with E-state index in [2.05, 4.69) is 0 Å². The maximum Gasteiger partial charge on any atom is 0.343 e. The van der Waals surface area contributed by atoms with E-state index < -0.39 is 17.7 Å². The zero-order valence-electron chi connectivity index (χ0n) is 9.40. The van der Waals surface area contributed by atoms with Gasteiger partial charge in [0.25, 0.3) is 0 Å². The van der Waals surface area contributed by atoms with Gasteiger partial charge in [-0.2, -0.15) is 0 Å². The Labute approximate surface area is 94.6 Å². The minimum atomic E-state index is -1.01. The molecule has 0 aromatic heterocycles. The topological polar surface area (TPSA) is 52.6 Å². The van der Waals surface area contributed by atoms with Gasteiger partial charge in [-0.1, -0.05) is 12.2 Å². The second kappa shape index (κ2) is 4.37. The Hall–Kier alpha value is -1.16. The van der Waals surface area contributed by atoms with Crippen molar-refractivity contribution in [2.75, 3.05) is 6.61 Å². The van der Waals surface area contributed by atoms with Gasteiger partial charge >= 0.3 is 5.97 Å². The maximum atomic E-state index is 11.7. The SMILES string of the molecule is CCOC(=O)C1OC2(C=CCCC2)CC1=O. The predicted molar refractivity (Wildman–Crippen MR) is 56.9 cm³/mol. The number of allylic oxidation sites excluding steroid dienone is 1. The van der Waals surface area contributed by atoms with Crippen LogP contribution in [0.1, 0.15) is 32.6 Å². The molecule has 0 amide bonds. The summed E-state index contributed by atoms with van der Waals surface area (Å²) in [6, 6.07) is 0. The molecule has 0 aromatic carbocycles. The number of Topliss-reactive ketones (excluding diaryl/α,β-unsaturated/α-hetero) is 1. The van der Waals surface area contributed by atoms with E-state index >= 15 is 0 Å². The molecule has 1 heterocycles. The first-order chi connectivity index (χ1) is 7.67. The van der Waals surface area contributed by atoms with Gasteiger partial charge in [-0.15, -0.1) is 0 Å². The van der Waals surface area contributed by atoms with Crippen LogP contribution in [0.4, 0.5) is 0 Å². The molecule has 0 saturated carbocycles. The average Bonchev–Trinajstić information content (AvgIpc) is 2.57. The van der Waals surface area contributed by atoms with Crippen molar-refractivity contribution in [1.29, 1.82) is 0 Å². The van der Waals surface area contributed by atoms with Gasteiger partial charge in [0, 0.05) is 6.42 Å². The first-order valence-electron chi connectivity index (χ1n) is 5.72. The first-order valence-corrected chi connectivity index (χ1v) is 5.72. The van der Waals surface area contributed by atoms with Crippen LogP contribution >= 0.6 is 0 Å². The average molecular weight is 224 g/mol. The lowest BCUT2D eigenvalue weighted by Crippen LogP contribution is -2.32. The summed E-state index contributed by atoms with van der Waals surface area (Å²) in [4.78, 5) is 23.2. The largest absolute Gasteiger partial charge is 0.464 e. The van der Waals surface area contributed by atoms with Gasteiger partial charge in [0.2, 0.25) is 6.10 Å². The van der Waals surface area contributed by atoms with Crippen molar-refractivity contribution in [2.24, 2.45) is 0 Å². The van der Waals surface area contributed by atoms with Crippen molar-refractivity contribution in [3.05, 3.63) is 12.2 Å². The molecule has 1 saturated heterocycles. The molecule has 2 rings (SSSR count).